The van der Waals surface area contributed by atoms with Crippen LogP contribution in [0, 0.1) is 0 Å². The summed E-state index contributed by atoms with van der Waals surface area (Å²) in [5, 5.41) is 1.09. The summed E-state index contributed by atoms with van der Waals surface area (Å²) in [7, 11) is 1.65. The van der Waals surface area contributed by atoms with Crippen molar-refractivity contribution in [2.45, 2.75) is 26.3 Å². The number of carbonyl (C=O) groups is 1. The van der Waals surface area contributed by atoms with Gasteiger partial charge in [-0.2, -0.15) is 0 Å². The summed E-state index contributed by atoms with van der Waals surface area (Å²) in [6.07, 6.45) is 0.889. The van der Waals surface area contributed by atoms with E-state index in [0.717, 1.165) is 45.6 Å². The Bertz CT molecular complexity index is 1060. The fourth-order valence-corrected chi connectivity index (χ4v) is 3.69. The van der Waals surface area contributed by atoms with E-state index >= 15 is 0 Å². The van der Waals surface area contributed by atoms with E-state index in [9.17, 15) is 9.59 Å². The minimum absolute atomic E-state index is 0.0607. The van der Waals surface area contributed by atoms with Crippen molar-refractivity contribution in [1.82, 2.24) is 9.55 Å². The number of aromatic amines is 1. The molecule has 4 rings (SSSR count). The van der Waals surface area contributed by atoms with Gasteiger partial charge in [0.2, 0.25) is 0 Å². The number of aromatic nitrogens is 2. The number of carbonyl (C=O) groups excluding carboxylic acids is 1. The van der Waals surface area contributed by atoms with Crippen molar-refractivity contribution < 1.29 is 14.3 Å². The van der Waals surface area contributed by atoms with Gasteiger partial charge in [0, 0.05) is 23.5 Å². The van der Waals surface area contributed by atoms with Crippen LogP contribution in [0.25, 0.3) is 22.3 Å². The normalized spacial score (nSPS) is 12.5. The summed E-state index contributed by atoms with van der Waals surface area (Å²) < 4.78 is 12.2. The molecule has 0 radical (unpaired) electrons. The number of aryl methyl sites for hydroxylation is 1. The van der Waals surface area contributed by atoms with Crippen molar-refractivity contribution in [1.29, 1.82) is 0 Å². The first-order chi connectivity index (χ1) is 12.6. The number of hydrogen-bond donors (Lipinski definition) is 1. The third-order valence-corrected chi connectivity index (χ3v) is 4.84. The van der Waals surface area contributed by atoms with Crippen LogP contribution in [0.15, 0.2) is 35.1 Å². The molecular weight excluding hydrogens is 332 g/mol. The van der Waals surface area contributed by atoms with Gasteiger partial charge < -0.3 is 19.0 Å². The van der Waals surface area contributed by atoms with Crippen LogP contribution in [0.1, 0.15) is 18.1 Å². The lowest BCUT2D eigenvalue weighted by molar-refractivity contribution is -0.142. The lowest BCUT2D eigenvalue weighted by Crippen LogP contribution is -2.27. The molecule has 0 saturated carbocycles. The molecule has 2 aromatic heterocycles. The van der Waals surface area contributed by atoms with E-state index in [4.69, 9.17) is 9.47 Å². The Kier molecular flexibility index (Phi) is 4.03. The Morgan fingerprint density at radius 3 is 2.88 bits per heavy atom. The Hall–Kier alpha value is -3.02. The summed E-state index contributed by atoms with van der Waals surface area (Å²) in [5.74, 6) is 0.501. The van der Waals surface area contributed by atoms with Crippen molar-refractivity contribution in [3.05, 3.63) is 51.8 Å². The zero-order valence-electron chi connectivity index (χ0n) is 14.8. The van der Waals surface area contributed by atoms with Gasteiger partial charge in [0.15, 0.2) is 0 Å². The third kappa shape index (κ3) is 2.58. The van der Waals surface area contributed by atoms with E-state index in [-0.39, 0.29) is 17.9 Å². The number of ether oxygens (including phenoxy) is 2. The average molecular weight is 352 g/mol. The van der Waals surface area contributed by atoms with Crippen LogP contribution in [0.2, 0.25) is 0 Å². The molecule has 0 spiro atoms. The molecule has 0 unspecified atom stereocenters. The second-order valence-corrected chi connectivity index (χ2v) is 6.32. The number of pyridine rings is 1. The number of H-pyrrole nitrogens is 1. The van der Waals surface area contributed by atoms with E-state index in [1.165, 1.54) is 6.07 Å². The lowest BCUT2D eigenvalue weighted by atomic mass is 9.97. The second-order valence-electron chi connectivity index (χ2n) is 6.32. The standard InChI is InChI=1S/C20H20N2O4/c1-3-26-18(24)10-12-4-7-17(23)22-9-8-14-15-11-13(25-2)5-6-16(15)21-19(14)20(12)22/h4-7,11,21H,3,8-10H2,1-2H3. The molecule has 0 fully saturated rings. The van der Waals surface area contributed by atoms with E-state index in [1.54, 1.807) is 24.7 Å². The van der Waals surface area contributed by atoms with Crippen molar-refractivity contribution in [2.75, 3.05) is 13.7 Å². The van der Waals surface area contributed by atoms with Crippen LogP contribution in [0.3, 0.4) is 0 Å². The van der Waals surface area contributed by atoms with E-state index in [0.29, 0.717) is 13.2 Å². The molecule has 1 aliphatic rings. The summed E-state index contributed by atoms with van der Waals surface area (Å²) in [6, 6.07) is 9.14. The van der Waals surface area contributed by atoms with Crippen LogP contribution in [-0.2, 0) is 28.9 Å². The van der Waals surface area contributed by atoms with Gasteiger partial charge in [-0.05, 0) is 42.7 Å². The predicted molar refractivity (Wildman–Crippen MR) is 98.6 cm³/mol. The van der Waals surface area contributed by atoms with Crippen molar-refractivity contribution >= 4 is 16.9 Å². The quantitative estimate of drug-likeness (QED) is 0.733. The maximum atomic E-state index is 12.4. The highest BCUT2D eigenvalue weighted by Gasteiger charge is 2.25. The zero-order valence-corrected chi connectivity index (χ0v) is 14.8. The second kappa shape index (κ2) is 6.37. The predicted octanol–water partition coefficient (Wildman–Crippen LogP) is 2.67. The van der Waals surface area contributed by atoms with Crippen LogP contribution in [-0.4, -0.2) is 29.2 Å². The molecule has 0 aliphatic carbocycles. The van der Waals surface area contributed by atoms with E-state index < -0.39 is 0 Å². The molecule has 6 heteroatoms. The Morgan fingerprint density at radius 1 is 1.27 bits per heavy atom. The molecule has 0 saturated heterocycles. The summed E-state index contributed by atoms with van der Waals surface area (Å²) in [4.78, 5) is 27.8. The Morgan fingerprint density at radius 2 is 2.12 bits per heavy atom. The molecule has 3 heterocycles. The van der Waals surface area contributed by atoms with Crippen LogP contribution in [0.5, 0.6) is 5.75 Å². The molecule has 134 valence electrons. The van der Waals surface area contributed by atoms with Gasteiger partial charge in [0.1, 0.15) is 5.75 Å². The molecule has 26 heavy (non-hydrogen) atoms. The largest absolute Gasteiger partial charge is 0.497 e. The maximum Gasteiger partial charge on any atom is 0.310 e. The minimum Gasteiger partial charge on any atom is -0.497 e. The lowest BCUT2D eigenvalue weighted by Gasteiger charge is -2.21. The van der Waals surface area contributed by atoms with Crippen LogP contribution < -0.4 is 10.3 Å². The molecular formula is C20H20N2O4. The molecule has 1 aromatic carbocycles. The van der Waals surface area contributed by atoms with Gasteiger partial charge in [-0.25, -0.2) is 0 Å². The van der Waals surface area contributed by atoms with Crippen molar-refractivity contribution in [3.8, 4) is 17.1 Å². The number of benzene rings is 1. The SMILES string of the molecule is CCOC(=O)Cc1ccc(=O)n2c1-c1[nH]c3ccc(OC)cc3c1CC2. The first-order valence-electron chi connectivity index (χ1n) is 8.69. The number of nitrogens with one attached hydrogen (secondary N) is 1. The summed E-state index contributed by atoms with van der Waals surface area (Å²) in [5.41, 5.74) is 4.55. The smallest absolute Gasteiger partial charge is 0.310 e. The molecule has 1 aliphatic heterocycles. The van der Waals surface area contributed by atoms with Gasteiger partial charge in [-0.15, -0.1) is 0 Å². The van der Waals surface area contributed by atoms with Crippen LogP contribution >= 0.6 is 0 Å². The Labute approximate surface area is 150 Å². The first kappa shape index (κ1) is 16.4. The van der Waals surface area contributed by atoms with Gasteiger partial charge in [-0.1, -0.05) is 6.07 Å². The first-order valence-corrected chi connectivity index (χ1v) is 8.69. The highest BCUT2D eigenvalue weighted by Crippen LogP contribution is 2.37. The number of esters is 1. The summed E-state index contributed by atoms with van der Waals surface area (Å²) in [6.45, 7) is 2.71. The highest BCUT2D eigenvalue weighted by atomic mass is 16.5. The topological polar surface area (TPSA) is 73.3 Å². The zero-order chi connectivity index (χ0) is 18.3. The minimum atomic E-state index is -0.293. The molecule has 0 bridgehead atoms. The molecule has 1 N–H and O–H groups in total. The van der Waals surface area contributed by atoms with Gasteiger partial charge in [0.05, 0.1) is 31.5 Å². The van der Waals surface area contributed by atoms with Gasteiger partial charge >= 0.3 is 5.97 Å². The van der Waals surface area contributed by atoms with Gasteiger partial charge in [0.25, 0.3) is 5.56 Å². The average Bonchev–Trinajstić information content (AvgIpc) is 3.02. The third-order valence-electron chi connectivity index (χ3n) is 4.84. The maximum absolute atomic E-state index is 12.4. The fraction of sp³-hybridized carbons (Fsp3) is 0.300. The van der Waals surface area contributed by atoms with Crippen LogP contribution in [0.4, 0.5) is 0 Å². The molecule has 3 aromatic rings. The monoisotopic (exact) mass is 352 g/mol. The fourth-order valence-electron chi connectivity index (χ4n) is 3.69. The van der Waals surface area contributed by atoms with Gasteiger partial charge in [-0.3, -0.25) is 9.59 Å². The number of fused-ring (bicyclic) bond motifs is 5. The number of nitrogens with zero attached hydrogens (tertiary/aromatic N) is 1. The molecule has 6 nitrogen and oxygen atoms in total. The number of methoxy groups -OCH3 is 1. The van der Waals surface area contributed by atoms with E-state index in [2.05, 4.69) is 4.98 Å². The van der Waals surface area contributed by atoms with Crippen molar-refractivity contribution in [2.24, 2.45) is 0 Å². The van der Waals surface area contributed by atoms with E-state index in [1.807, 2.05) is 18.2 Å². The van der Waals surface area contributed by atoms with Crippen molar-refractivity contribution in [3.63, 3.8) is 0 Å². The number of rotatable bonds is 4. The molecule has 0 amide bonds. The highest BCUT2D eigenvalue weighted by molar-refractivity contribution is 5.92. The Balaban J connectivity index is 1.92. The number of hydrogen-bond acceptors (Lipinski definition) is 4. The summed E-state index contributed by atoms with van der Waals surface area (Å²) >= 11 is 0. The molecule has 0 atom stereocenters.